The van der Waals surface area contributed by atoms with Crippen LogP contribution < -0.4 is 0 Å². The van der Waals surface area contributed by atoms with Crippen LogP contribution in [0.2, 0.25) is 0 Å². The molecule has 0 aliphatic heterocycles. The Balaban J connectivity index is 3.55. The zero-order valence-corrected chi connectivity index (χ0v) is 8.32. The number of ether oxygens (including phenoxy) is 2. The van der Waals surface area contributed by atoms with Crippen LogP contribution in [0.3, 0.4) is 0 Å². The summed E-state index contributed by atoms with van der Waals surface area (Å²) < 4.78 is 9.71. The second-order valence-corrected chi connectivity index (χ2v) is 2.49. The average molecular weight is 184 g/mol. The van der Waals surface area contributed by atoms with E-state index in [1.165, 1.54) is 13.2 Å². The molecule has 74 valence electrons. The van der Waals surface area contributed by atoms with E-state index in [0.29, 0.717) is 6.61 Å². The fraction of sp³-hybridized carbons (Fsp3) is 0.500. The van der Waals surface area contributed by atoms with E-state index in [9.17, 15) is 4.79 Å². The minimum atomic E-state index is -0.359. The van der Waals surface area contributed by atoms with Crippen LogP contribution in [-0.4, -0.2) is 25.8 Å². The molecule has 0 aromatic heterocycles. The molecule has 13 heavy (non-hydrogen) atoms. The molecule has 0 amide bonds. The quantitative estimate of drug-likeness (QED) is 0.370. The van der Waals surface area contributed by atoms with Crippen molar-refractivity contribution in [2.24, 2.45) is 0 Å². The highest BCUT2D eigenvalue weighted by Gasteiger charge is 1.93. The van der Waals surface area contributed by atoms with Gasteiger partial charge < -0.3 is 9.47 Å². The maximum Gasteiger partial charge on any atom is 0.330 e. The third-order valence-electron chi connectivity index (χ3n) is 1.37. The van der Waals surface area contributed by atoms with Gasteiger partial charge in [0.1, 0.15) is 0 Å². The Morgan fingerprint density at radius 1 is 1.54 bits per heavy atom. The molecule has 0 N–H and O–H groups in total. The zero-order valence-electron chi connectivity index (χ0n) is 8.32. The normalized spacial score (nSPS) is 13.8. The minimum Gasteiger partial charge on any atom is -0.466 e. The van der Waals surface area contributed by atoms with E-state index >= 15 is 0 Å². The second kappa shape index (κ2) is 7.55. The van der Waals surface area contributed by atoms with E-state index in [0.717, 1.165) is 0 Å². The number of allylic oxidation sites excluding steroid dienone is 1. The monoisotopic (exact) mass is 184 g/mol. The summed E-state index contributed by atoms with van der Waals surface area (Å²) in [6, 6.07) is 0. The van der Waals surface area contributed by atoms with Gasteiger partial charge in [-0.2, -0.15) is 0 Å². The first-order valence-corrected chi connectivity index (χ1v) is 4.19. The molecule has 0 spiro atoms. The Bertz CT molecular complexity index is 194. The Morgan fingerprint density at radius 3 is 2.77 bits per heavy atom. The van der Waals surface area contributed by atoms with Crippen molar-refractivity contribution in [2.45, 2.75) is 20.0 Å². The van der Waals surface area contributed by atoms with Gasteiger partial charge in [0.25, 0.3) is 0 Å². The highest BCUT2D eigenvalue weighted by Crippen LogP contribution is 1.92. The molecule has 1 unspecified atom stereocenters. The van der Waals surface area contributed by atoms with Crippen LogP contribution in [0.25, 0.3) is 0 Å². The van der Waals surface area contributed by atoms with Crippen LogP contribution in [-0.2, 0) is 14.3 Å². The first-order valence-electron chi connectivity index (χ1n) is 4.19. The number of hydrogen-bond donors (Lipinski definition) is 0. The summed E-state index contributed by atoms with van der Waals surface area (Å²) in [6.07, 6.45) is 6.92. The summed E-state index contributed by atoms with van der Waals surface area (Å²) >= 11 is 0. The SMILES string of the molecule is C/C=C/C(C)OC/C=C/C(=O)OC. The number of carbonyl (C=O) groups is 1. The fourth-order valence-electron chi connectivity index (χ4n) is 0.746. The van der Waals surface area contributed by atoms with Crippen LogP contribution in [0.1, 0.15) is 13.8 Å². The molecule has 0 aromatic rings. The molecule has 0 bridgehead atoms. The van der Waals surface area contributed by atoms with Crippen molar-refractivity contribution in [3.8, 4) is 0 Å². The molecule has 1 atom stereocenters. The van der Waals surface area contributed by atoms with E-state index in [4.69, 9.17) is 4.74 Å². The Hall–Kier alpha value is -1.09. The molecule has 0 saturated carbocycles. The van der Waals surface area contributed by atoms with E-state index < -0.39 is 0 Å². The number of rotatable bonds is 5. The molecule has 0 aliphatic carbocycles. The van der Waals surface area contributed by atoms with E-state index in [1.54, 1.807) is 6.08 Å². The summed E-state index contributed by atoms with van der Waals surface area (Å²) in [4.78, 5) is 10.6. The minimum absolute atomic E-state index is 0.0762. The highest BCUT2D eigenvalue weighted by atomic mass is 16.5. The molecule has 3 nitrogen and oxygen atoms in total. The van der Waals surface area contributed by atoms with Crippen LogP contribution in [0.4, 0.5) is 0 Å². The lowest BCUT2D eigenvalue weighted by atomic mass is 10.3. The van der Waals surface area contributed by atoms with E-state index in [2.05, 4.69) is 4.74 Å². The summed E-state index contributed by atoms with van der Waals surface area (Å²) in [5.41, 5.74) is 0. The van der Waals surface area contributed by atoms with Crippen LogP contribution in [0.5, 0.6) is 0 Å². The molecule has 0 fully saturated rings. The Kier molecular flexibility index (Phi) is 6.92. The number of esters is 1. The molecular formula is C10H16O3. The van der Waals surface area contributed by atoms with Gasteiger partial charge >= 0.3 is 5.97 Å². The molecular weight excluding hydrogens is 168 g/mol. The average Bonchev–Trinajstić information content (AvgIpc) is 2.12. The highest BCUT2D eigenvalue weighted by molar-refractivity contribution is 5.81. The van der Waals surface area contributed by atoms with Gasteiger partial charge in [0, 0.05) is 6.08 Å². The Morgan fingerprint density at radius 2 is 2.23 bits per heavy atom. The van der Waals surface area contributed by atoms with Crippen molar-refractivity contribution in [1.82, 2.24) is 0 Å². The summed E-state index contributed by atoms with van der Waals surface area (Å²) in [7, 11) is 1.34. The number of methoxy groups -OCH3 is 1. The van der Waals surface area contributed by atoms with Gasteiger partial charge in [0.05, 0.1) is 19.8 Å². The molecule has 0 saturated heterocycles. The van der Waals surface area contributed by atoms with Gasteiger partial charge in [-0.05, 0) is 13.8 Å². The van der Waals surface area contributed by atoms with Crippen molar-refractivity contribution < 1.29 is 14.3 Å². The molecule has 0 heterocycles. The molecule has 0 rings (SSSR count). The predicted octanol–water partition coefficient (Wildman–Crippen LogP) is 1.70. The van der Waals surface area contributed by atoms with Crippen LogP contribution in [0, 0.1) is 0 Å². The first kappa shape index (κ1) is 11.9. The van der Waals surface area contributed by atoms with Gasteiger partial charge in [-0.1, -0.05) is 18.2 Å². The third kappa shape index (κ3) is 7.28. The van der Waals surface area contributed by atoms with E-state index in [1.807, 2.05) is 26.0 Å². The largest absolute Gasteiger partial charge is 0.466 e. The maximum absolute atomic E-state index is 10.6. The summed E-state index contributed by atoms with van der Waals surface area (Å²) in [5, 5.41) is 0. The van der Waals surface area contributed by atoms with Gasteiger partial charge in [-0.25, -0.2) is 4.79 Å². The fourth-order valence-corrected chi connectivity index (χ4v) is 0.746. The lowest BCUT2D eigenvalue weighted by Gasteiger charge is -2.04. The predicted molar refractivity (Wildman–Crippen MR) is 51.4 cm³/mol. The topological polar surface area (TPSA) is 35.5 Å². The molecule has 3 heteroatoms. The number of carbonyl (C=O) groups excluding carboxylic acids is 1. The zero-order chi connectivity index (χ0) is 10.1. The molecule has 0 radical (unpaired) electrons. The lowest BCUT2D eigenvalue weighted by Crippen LogP contribution is -2.04. The smallest absolute Gasteiger partial charge is 0.330 e. The van der Waals surface area contributed by atoms with Gasteiger partial charge in [-0.15, -0.1) is 0 Å². The van der Waals surface area contributed by atoms with Crippen molar-refractivity contribution in [3.63, 3.8) is 0 Å². The van der Waals surface area contributed by atoms with Crippen molar-refractivity contribution in [1.29, 1.82) is 0 Å². The van der Waals surface area contributed by atoms with Crippen molar-refractivity contribution in [2.75, 3.05) is 13.7 Å². The van der Waals surface area contributed by atoms with Crippen LogP contribution in [0.15, 0.2) is 24.3 Å². The summed E-state index contributed by atoms with van der Waals surface area (Å²) in [6.45, 7) is 4.29. The Labute approximate surface area is 79.0 Å². The van der Waals surface area contributed by atoms with E-state index in [-0.39, 0.29) is 12.1 Å². The number of hydrogen-bond acceptors (Lipinski definition) is 3. The van der Waals surface area contributed by atoms with Crippen molar-refractivity contribution in [3.05, 3.63) is 24.3 Å². The molecule has 0 aliphatic rings. The third-order valence-corrected chi connectivity index (χ3v) is 1.37. The van der Waals surface area contributed by atoms with Gasteiger partial charge in [0.15, 0.2) is 0 Å². The second-order valence-electron chi connectivity index (χ2n) is 2.49. The lowest BCUT2D eigenvalue weighted by molar-refractivity contribution is -0.134. The molecule has 0 aromatic carbocycles. The van der Waals surface area contributed by atoms with Crippen LogP contribution >= 0.6 is 0 Å². The standard InChI is InChI=1S/C10H16O3/c1-4-6-9(2)13-8-5-7-10(11)12-3/h4-7,9H,8H2,1-3H3/b6-4+,7-5+. The maximum atomic E-state index is 10.6. The first-order chi connectivity index (χ1) is 6.20. The van der Waals surface area contributed by atoms with Crippen molar-refractivity contribution >= 4 is 5.97 Å². The van der Waals surface area contributed by atoms with Gasteiger partial charge in [-0.3, -0.25) is 0 Å². The summed E-state index contributed by atoms with van der Waals surface area (Å²) in [5.74, 6) is -0.359. The van der Waals surface area contributed by atoms with Gasteiger partial charge in [0.2, 0.25) is 0 Å².